The lowest BCUT2D eigenvalue weighted by Gasteiger charge is -2.26. The summed E-state index contributed by atoms with van der Waals surface area (Å²) < 4.78 is 10.1. The molecule has 0 aliphatic heterocycles. The van der Waals surface area contributed by atoms with Crippen molar-refractivity contribution in [2.24, 2.45) is 0 Å². The maximum absolute atomic E-state index is 11.8. The fraction of sp³-hybridized carbons (Fsp3) is 0.818. The Balaban J connectivity index is 4.44. The van der Waals surface area contributed by atoms with Gasteiger partial charge in [-0.1, -0.05) is 15.9 Å². The number of hydrogen-bond donors (Lipinski definition) is 0. The SMILES string of the molecule is COCCN(CC(=O)CBr)C(=O)OC(C)(C)C. The Morgan fingerprint density at radius 3 is 2.29 bits per heavy atom. The first-order valence-corrected chi connectivity index (χ1v) is 6.47. The van der Waals surface area contributed by atoms with Crippen LogP contribution in [0.1, 0.15) is 20.8 Å². The summed E-state index contributed by atoms with van der Waals surface area (Å²) in [5.41, 5.74) is -0.570. The lowest BCUT2D eigenvalue weighted by molar-refractivity contribution is -0.117. The van der Waals surface area contributed by atoms with Gasteiger partial charge in [0.1, 0.15) is 5.60 Å². The van der Waals surface area contributed by atoms with Crippen molar-refractivity contribution < 1.29 is 19.1 Å². The third kappa shape index (κ3) is 8.15. The molecule has 0 aromatic heterocycles. The van der Waals surface area contributed by atoms with Gasteiger partial charge in [0.2, 0.25) is 0 Å². The molecule has 0 unspecified atom stereocenters. The lowest BCUT2D eigenvalue weighted by Crippen LogP contribution is -2.41. The summed E-state index contributed by atoms with van der Waals surface area (Å²) in [5.74, 6) is -0.0769. The van der Waals surface area contributed by atoms with Crippen LogP contribution in [0.5, 0.6) is 0 Å². The van der Waals surface area contributed by atoms with Crippen LogP contribution < -0.4 is 0 Å². The molecule has 0 aromatic carbocycles. The van der Waals surface area contributed by atoms with Crippen LogP contribution in [-0.4, -0.2) is 54.5 Å². The Bertz CT molecular complexity index is 263. The highest BCUT2D eigenvalue weighted by Crippen LogP contribution is 2.10. The van der Waals surface area contributed by atoms with Crippen LogP contribution in [0, 0.1) is 0 Å². The predicted octanol–water partition coefficient (Wildman–Crippen LogP) is 1.83. The Morgan fingerprint density at radius 2 is 1.88 bits per heavy atom. The second kappa shape index (κ2) is 7.66. The number of nitrogens with zero attached hydrogens (tertiary/aromatic N) is 1. The molecule has 1 amide bonds. The van der Waals surface area contributed by atoms with E-state index in [2.05, 4.69) is 15.9 Å². The van der Waals surface area contributed by atoms with Crippen molar-refractivity contribution in [3.63, 3.8) is 0 Å². The monoisotopic (exact) mass is 309 g/mol. The molecule has 5 nitrogen and oxygen atoms in total. The largest absolute Gasteiger partial charge is 0.444 e. The highest BCUT2D eigenvalue weighted by molar-refractivity contribution is 9.09. The molecule has 0 aromatic rings. The molecular weight excluding hydrogens is 290 g/mol. The van der Waals surface area contributed by atoms with Crippen molar-refractivity contribution in [2.75, 3.05) is 32.1 Å². The minimum absolute atomic E-state index is 0.0313. The van der Waals surface area contributed by atoms with E-state index in [1.54, 1.807) is 27.9 Å². The third-order valence-corrected chi connectivity index (χ3v) is 2.36. The summed E-state index contributed by atoms with van der Waals surface area (Å²) in [4.78, 5) is 24.5. The van der Waals surface area contributed by atoms with E-state index < -0.39 is 11.7 Å². The summed E-state index contributed by atoms with van der Waals surface area (Å²) in [6, 6.07) is 0. The van der Waals surface area contributed by atoms with Crippen LogP contribution in [0.4, 0.5) is 4.79 Å². The maximum atomic E-state index is 11.8. The predicted molar refractivity (Wildman–Crippen MR) is 68.5 cm³/mol. The summed E-state index contributed by atoms with van der Waals surface area (Å²) in [6.07, 6.45) is -0.496. The lowest BCUT2D eigenvalue weighted by atomic mass is 10.2. The quantitative estimate of drug-likeness (QED) is 0.702. The minimum atomic E-state index is -0.570. The second-order valence-corrected chi connectivity index (χ2v) is 5.13. The number of methoxy groups -OCH3 is 1. The molecule has 0 bridgehead atoms. The number of Topliss-reactive ketones (excluding diaryl/α,β-unsaturated/α-hetero) is 1. The molecule has 0 atom stereocenters. The van der Waals surface area contributed by atoms with Crippen LogP contribution in [0.2, 0.25) is 0 Å². The van der Waals surface area contributed by atoms with Gasteiger partial charge in [-0.3, -0.25) is 9.69 Å². The molecule has 17 heavy (non-hydrogen) atoms. The zero-order valence-corrected chi connectivity index (χ0v) is 12.4. The standard InChI is InChI=1S/C11H20BrNO4/c1-11(2,3)17-10(15)13(5-6-16-4)8-9(14)7-12/h5-8H2,1-4H3. The Morgan fingerprint density at radius 1 is 1.29 bits per heavy atom. The van der Waals surface area contributed by atoms with Gasteiger partial charge in [-0.25, -0.2) is 4.79 Å². The van der Waals surface area contributed by atoms with Gasteiger partial charge in [0, 0.05) is 13.7 Å². The van der Waals surface area contributed by atoms with Crippen molar-refractivity contribution >= 4 is 27.8 Å². The molecule has 0 aliphatic rings. The molecule has 0 heterocycles. The number of carbonyl (C=O) groups is 2. The van der Waals surface area contributed by atoms with Crippen LogP contribution in [0.3, 0.4) is 0 Å². The summed E-state index contributed by atoms with van der Waals surface area (Å²) in [5, 5.41) is 0.222. The zero-order chi connectivity index (χ0) is 13.5. The number of carbonyl (C=O) groups excluding carboxylic acids is 2. The number of ketones is 1. The van der Waals surface area contributed by atoms with Gasteiger partial charge in [0.15, 0.2) is 5.78 Å². The van der Waals surface area contributed by atoms with Crippen molar-refractivity contribution in [3.8, 4) is 0 Å². The molecule has 0 saturated heterocycles. The molecule has 0 aliphatic carbocycles. The Kier molecular flexibility index (Phi) is 7.38. The van der Waals surface area contributed by atoms with Crippen LogP contribution in [-0.2, 0) is 14.3 Å². The van der Waals surface area contributed by atoms with E-state index in [-0.39, 0.29) is 17.7 Å². The van der Waals surface area contributed by atoms with Crippen LogP contribution in [0.15, 0.2) is 0 Å². The average Bonchev–Trinajstić information content (AvgIpc) is 2.21. The Labute approximate surface area is 111 Å². The molecule has 0 fully saturated rings. The number of halogens is 1. The Hall–Kier alpha value is -0.620. The van der Waals surface area contributed by atoms with E-state index in [4.69, 9.17) is 9.47 Å². The third-order valence-electron chi connectivity index (χ3n) is 1.73. The molecule has 0 rings (SSSR count). The first-order chi connectivity index (χ1) is 7.80. The minimum Gasteiger partial charge on any atom is -0.444 e. The zero-order valence-electron chi connectivity index (χ0n) is 10.8. The van der Waals surface area contributed by atoms with Crippen molar-refractivity contribution in [1.29, 1.82) is 0 Å². The van der Waals surface area contributed by atoms with Crippen LogP contribution >= 0.6 is 15.9 Å². The molecule has 0 radical (unpaired) electrons. The first-order valence-electron chi connectivity index (χ1n) is 5.34. The number of ether oxygens (including phenoxy) is 2. The van der Waals surface area contributed by atoms with Gasteiger partial charge < -0.3 is 9.47 Å². The summed E-state index contributed by atoms with van der Waals surface area (Å²) >= 11 is 3.06. The number of alkyl halides is 1. The fourth-order valence-corrected chi connectivity index (χ4v) is 1.20. The van der Waals surface area contributed by atoms with E-state index >= 15 is 0 Å². The topological polar surface area (TPSA) is 55.8 Å². The van der Waals surface area contributed by atoms with Gasteiger partial charge in [0.25, 0.3) is 0 Å². The molecule has 0 saturated carbocycles. The van der Waals surface area contributed by atoms with Gasteiger partial charge in [-0.2, -0.15) is 0 Å². The normalized spacial score (nSPS) is 11.1. The fourth-order valence-electron chi connectivity index (χ4n) is 1.02. The van der Waals surface area contributed by atoms with Crippen molar-refractivity contribution in [1.82, 2.24) is 4.90 Å². The van der Waals surface area contributed by atoms with Crippen molar-refractivity contribution in [3.05, 3.63) is 0 Å². The maximum Gasteiger partial charge on any atom is 0.410 e. The van der Waals surface area contributed by atoms with Gasteiger partial charge >= 0.3 is 6.09 Å². The highest BCUT2D eigenvalue weighted by Gasteiger charge is 2.23. The van der Waals surface area contributed by atoms with Gasteiger partial charge in [0.05, 0.1) is 18.5 Å². The molecule has 6 heteroatoms. The molecule has 0 N–H and O–H groups in total. The molecule has 100 valence electrons. The van der Waals surface area contributed by atoms with Crippen LogP contribution in [0.25, 0.3) is 0 Å². The molecule has 0 spiro atoms. The van der Waals surface area contributed by atoms with E-state index in [0.29, 0.717) is 13.2 Å². The summed E-state index contributed by atoms with van der Waals surface area (Å²) in [7, 11) is 1.54. The second-order valence-electron chi connectivity index (χ2n) is 4.57. The van der Waals surface area contributed by atoms with E-state index in [9.17, 15) is 9.59 Å². The smallest absolute Gasteiger partial charge is 0.410 e. The first kappa shape index (κ1) is 16.4. The average molecular weight is 310 g/mol. The van der Waals surface area contributed by atoms with Gasteiger partial charge in [-0.15, -0.1) is 0 Å². The van der Waals surface area contributed by atoms with E-state index in [0.717, 1.165) is 0 Å². The van der Waals surface area contributed by atoms with E-state index in [1.165, 1.54) is 4.90 Å². The molecular formula is C11H20BrNO4. The van der Waals surface area contributed by atoms with E-state index in [1.807, 2.05) is 0 Å². The van der Waals surface area contributed by atoms with Gasteiger partial charge in [-0.05, 0) is 20.8 Å². The van der Waals surface area contributed by atoms with Crippen molar-refractivity contribution in [2.45, 2.75) is 26.4 Å². The number of rotatable bonds is 6. The number of amides is 1. The number of hydrogen-bond acceptors (Lipinski definition) is 4. The summed E-state index contributed by atoms with van der Waals surface area (Å²) in [6.45, 7) is 6.09. The highest BCUT2D eigenvalue weighted by atomic mass is 79.9.